The fourth-order valence-electron chi connectivity index (χ4n) is 0.907. The maximum Gasteiger partial charge on any atom is 0.321 e. The van der Waals surface area contributed by atoms with Crippen molar-refractivity contribution in [3.8, 4) is 0 Å². The standard InChI is InChI=1S/C9H19NO4.C3H7NO2S.ClH/c1-9(2,6-12)7(13)8(14)10-4-3-5-11;4-2(1-7)3(5)6;/h7,11-13H,3-6H2,1-2H3,(H,10,14);2,7H,1,4H2,(H,5,6);1H/t7-;2-;/m00./s1. The normalized spacial score (nSPS) is 13.0. The minimum Gasteiger partial charge on any atom is -0.480 e. The van der Waals surface area contributed by atoms with E-state index in [1.807, 2.05) is 0 Å². The molecular formula is C12H27ClN2O6S. The van der Waals surface area contributed by atoms with Gasteiger partial charge in [0.1, 0.15) is 12.1 Å². The molecule has 0 fully saturated rings. The van der Waals surface area contributed by atoms with Crippen LogP contribution < -0.4 is 11.1 Å². The van der Waals surface area contributed by atoms with Crippen molar-refractivity contribution in [2.75, 3.05) is 25.5 Å². The summed E-state index contributed by atoms with van der Waals surface area (Å²) in [5.74, 6) is -1.33. The predicted octanol–water partition coefficient (Wildman–Crippen LogP) is -1.39. The summed E-state index contributed by atoms with van der Waals surface area (Å²) in [6.45, 7) is 3.27. The summed E-state index contributed by atoms with van der Waals surface area (Å²) >= 11 is 3.65. The van der Waals surface area contributed by atoms with Crippen LogP contribution >= 0.6 is 25.0 Å². The molecule has 0 saturated carbocycles. The van der Waals surface area contributed by atoms with Gasteiger partial charge in [0.25, 0.3) is 0 Å². The Morgan fingerprint density at radius 2 is 1.82 bits per heavy atom. The van der Waals surface area contributed by atoms with E-state index in [0.717, 1.165) is 0 Å². The Morgan fingerprint density at radius 1 is 1.32 bits per heavy atom. The minimum absolute atomic E-state index is 0. The van der Waals surface area contributed by atoms with Gasteiger partial charge in [0.2, 0.25) is 5.91 Å². The molecule has 8 nitrogen and oxygen atoms in total. The van der Waals surface area contributed by atoms with Crippen molar-refractivity contribution in [3.63, 3.8) is 0 Å². The Kier molecular flexibility index (Phi) is 16.8. The number of halogens is 1. The lowest BCUT2D eigenvalue weighted by Gasteiger charge is -2.27. The van der Waals surface area contributed by atoms with Gasteiger partial charge in [-0.2, -0.15) is 12.6 Å². The highest BCUT2D eigenvalue weighted by Crippen LogP contribution is 2.19. The highest BCUT2D eigenvalue weighted by atomic mass is 35.5. The minimum atomic E-state index is -1.23. The van der Waals surface area contributed by atoms with Crippen molar-refractivity contribution in [2.24, 2.45) is 11.1 Å². The summed E-state index contributed by atoms with van der Waals surface area (Å²) in [6.07, 6.45) is -0.774. The van der Waals surface area contributed by atoms with Crippen LogP contribution in [-0.2, 0) is 9.59 Å². The third kappa shape index (κ3) is 12.0. The average molecular weight is 363 g/mol. The van der Waals surface area contributed by atoms with E-state index in [0.29, 0.717) is 13.0 Å². The molecular weight excluding hydrogens is 336 g/mol. The van der Waals surface area contributed by atoms with E-state index in [-0.39, 0.29) is 31.4 Å². The van der Waals surface area contributed by atoms with Crippen molar-refractivity contribution < 1.29 is 30.0 Å². The van der Waals surface area contributed by atoms with Crippen LogP contribution in [0.4, 0.5) is 0 Å². The second-order valence-electron chi connectivity index (χ2n) is 5.04. The molecule has 0 aromatic carbocycles. The Balaban J connectivity index is -0.000000385. The highest BCUT2D eigenvalue weighted by molar-refractivity contribution is 7.80. The topological polar surface area (TPSA) is 153 Å². The molecule has 0 unspecified atom stereocenters. The summed E-state index contributed by atoms with van der Waals surface area (Å²) in [6, 6.07) is -0.816. The van der Waals surface area contributed by atoms with E-state index in [1.165, 1.54) is 0 Å². The number of aliphatic carboxylic acids is 1. The molecule has 134 valence electrons. The quantitative estimate of drug-likeness (QED) is 0.207. The Labute approximate surface area is 141 Å². The molecule has 7 N–H and O–H groups in total. The van der Waals surface area contributed by atoms with Crippen LogP contribution in [0.25, 0.3) is 0 Å². The molecule has 0 aliphatic rings. The molecule has 10 heteroatoms. The Morgan fingerprint density at radius 3 is 2.09 bits per heavy atom. The molecule has 2 atom stereocenters. The first-order valence-corrected chi connectivity index (χ1v) is 7.04. The number of nitrogens with one attached hydrogen (secondary N) is 1. The van der Waals surface area contributed by atoms with Crippen LogP contribution in [0, 0.1) is 5.41 Å². The van der Waals surface area contributed by atoms with Gasteiger partial charge in [-0.15, -0.1) is 12.4 Å². The monoisotopic (exact) mass is 362 g/mol. The molecule has 0 aromatic rings. The molecule has 0 radical (unpaired) electrons. The third-order valence-electron chi connectivity index (χ3n) is 2.54. The third-order valence-corrected chi connectivity index (χ3v) is 2.94. The number of carboxylic acids is 1. The number of nitrogens with two attached hydrogens (primary N) is 1. The number of hydrogen-bond donors (Lipinski definition) is 7. The number of aliphatic hydroxyl groups excluding tert-OH is 3. The molecule has 0 aromatic heterocycles. The number of thiol groups is 1. The number of hydrogen-bond acceptors (Lipinski definition) is 7. The zero-order chi connectivity index (χ0) is 17.1. The van der Waals surface area contributed by atoms with Crippen molar-refractivity contribution in [2.45, 2.75) is 32.4 Å². The van der Waals surface area contributed by atoms with E-state index in [1.54, 1.807) is 13.8 Å². The number of carboxylic acid groups (broad SMARTS) is 1. The Bertz CT molecular complexity index is 320. The summed E-state index contributed by atoms with van der Waals surface area (Å²) < 4.78 is 0. The van der Waals surface area contributed by atoms with E-state index in [2.05, 4.69) is 17.9 Å². The number of carbonyl (C=O) groups excluding carboxylic acids is 1. The maximum absolute atomic E-state index is 11.3. The molecule has 0 heterocycles. The molecule has 0 rings (SSSR count). The van der Waals surface area contributed by atoms with Gasteiger partial charge in [-0.1, -0.05) is 13.8 Å². The van der Waals surface area contributed by atoms with Crippen molar-refractivity contribution in [1.82, 2.24) is 5.32 Å². The summed E-state index contributed by atoms with van der Waals surface area (Å²) in [5, 5.41) is 37.4. The number of aliphatic hydroxyl groups is 3. The zero-order valence-corrected chi connectivity index (χ0v) is 14.4. The van der Waals surface area contributed by atoms with Gasteiger partial charge in [0, 0.05) is 24.3 Å². The van der Waals surface area contributed by atoms with Gasteiger partial charge < -0.3 is 31.5 Å². The number of rotatable bonds is 8. The van der Waals surface area contributed by atoms with Gasteiger partial charge in [-0.05, 0) is 6.42 Å². The summed E-state index contributed by atoms with van der Waals surface area (Å²) in [4.78, 5) is 21.0. The van der Waals surface area contributed by atoms with Crippen LogP contribution in [-0.4, -0.2) is 70.0 Å². The SMILES string of the molecule is CC(C)(CO)[C@@H](O)C(=O)NCCCO.Cl.N[C@@H](CS)C(=O)O. The molecule has 0 spiro atoms. The van der Waals surface area contributed by atoms with Crippen LogP contribution in [0.15, 0.2) is 0 Å². The lowest BCUT2D eigenvalue weighted by Crippen LogP contribution is -2.45. The molecule has 1 amide bonds. The van der Waals surface area contributed by atoms with Crippen molar-refractivity contribution in [3.05, 3.63) is 0 Å². The van der Waals surface area contributed by atoms with E-state index in [9.17, 15) is 14.7 Å². The van der Waals surface area contributed by atoms with Gasteiger partial charge >= 0.3 is 5.97 Å². The lowest BCUT2D eigenvalue weighted by molar-refractivity contribution is -0.138. The molecule has 0 bridgehead atoms. The smallest absolute Gasteiger partial charge is 0.321 e. The zero-order valence-electron chi connectivity index (χ0n) is 12.7. The van der Waals surface area contributed by atoms with E-state index < -0.39 is 29.4 Å². The first-order valence-electron chi connectivity index (χ1n) is 6.40. The summed E-state index contributed by atoms with van der Waals surface area (Å²) in [5.41, 5.74) is 4.10. The lowest BCUT2D eigenvalue weighted by atomic mass is 9.87. The fourth-order valence-corrected chi connectivity index (χ4v) is 1.06. The van der Waals surface area contributed by atoms with Gasteiger partial charge in [0.05, 0.1) is 6.61 Å². The maximum atomic E-state index is 11.3. The van der Waals surface area contributed by atoms with Crippen LogP contribution in [0.2, 0.25) is 0 Å². The van der Waals surface area contributed by atoms with Gasteiger partial charge in [0.15, 0.2) is 0 Å². The Hall–Kier alpha value is -0.580. The highest BCUT2D eigenvalue weighted by Gasteiger charge is 2.32. The molecule has 0 aliphatic heterocycles. The second-order valence-corrected chi connectivity index (χ2v) is 5.41. The number of amides is 1. The predicted molar refractivity (Wildman–Crippen MR) is 88.3 cm³/mol. The number of carbonyl (C=O) groups is 2. The average Bonchev–Trinajstić information content (AvgIpc) is 2.46. The molecule has 22 heavy (non-hydrogen) atoms. The van der Waals surface area contributed by atoms with E-state index in [4.69, 9.17) is 21.1 Å². The van der Waals surface area contributed by atoms with Crippen LogP contribution in [0.5, 0.6) is 0 Å². The van der Waals surface area contributed by atoms with Gasteiger partial charge in [-0.25, -0.2) is 0 Å². The second kappa shape index (κ2) is 14.0. The fraction of sp³-hybridized carbons (Fsp3) is 0.833. The van der Waals surface area contributed by atoms with Gasteiger partial charge in [-0.3, -0.25) is 9.59 Å². The molecule has 0 aliphatic carbocycles. The summed E-state index contributed by atoms with van der Waals surface area (Å²) in [7, 11) is 0. The largest absolute Gasteiger partial charge is 0.480 e. The molecule has 0 saturated heterocycles. The van der Waals surface area contributed by atoms with Crippen LogP contribution in [0.3, 0.4) is 0 Å². The first-order chi connectivity index (χ1) is 9.63. The first kappa shape index (κ1) is 26.3. The van der Waals surface area contributed by atoms with Crippen molar-refractivity contribution >= 4 is 36.9 Å². The van der Waals surface area contributed by atoms with Crippen LogP contribution in [0.1, 0.15) is 20.3 Å². The van der Waals surface area contributed by atoms with Crippen molar-refractivity contribution in [1.29, 1.82) is 0 Å². The van der Waals surface area contributed by atoms with E-state index >= 15 is 0 Å².